The van der Waals surface area contributed by atoms with Gasteiger partial charge in [0, 0.05) is 6.54 Å². The second-order valence-electron chi connectivity index (χ2n) is 8.15. The summed E-state index contributed by atoms with van der Waals surface area (Å²) in [5.41, 5.74) is 1.00. The number of carbonyl (C=O) groups is 1. The largest absolute Gasteiger partial charge is 0.493 e. The fourth-order valence-electron chi connectivity index (χ4n) is 4.21. The molecule has 8 nitrogen and oxygen atoms in total. The molecule has 2 atom stereocenters. The van der Waals surface area contributed by atoms with E-state index >= 15 is 0 Å². The van der Waals surface area contributed by atoms with Gasteiger partial charge < -0.3 is 19.3 Å². The first kappa shape index (κ1) is 23.3. The van der Waals surface area contributed by atoms with E-state index < -0.39 is 0 Å². The highest BCUT2D eigenvalue weighted by molar-refractivity contribution is 7.13. The molecule has 1 amide bonds. The number of hydrogen-bond donors (Lipinski definition) is 1. The van der Waals surface area contributed by atoms with E-state index in [4.69, 9.17) is 14.0 Å². The van der Waals surface area contributed by atoms with Gasteiger partial charge in [-0.1, -0.05) is 24.2 Å². The van der Waals surface area contributed by atoms with E-state index in [9.17, 15) is 4.79 Å². The third-order valence-corrected chi connectivity index (χ3v) is 6.85. The number of carbonyl (C=O) groups excluding carboxylic acids is 1. The van der Waals surface area contributed by atoms with Crippen molar-refractivity contribution in [3.8, 4) is 22.2 Å². The summed E-state index contributed by atoms with van der Waals surface area (Å²) in [6, 6.07) is 9.64. The maximum Gasteiger partial charge on any atom is 0.241 e. The second kappa shape index (κ2) is 10.8. The number of rotatable bonds is 9. The van der Waals surface area contributed by atoms with Gasteiger partial charge in [-0.15, -0.1) is 11.3 Å². The Labute approximate surface area is 197 Å². The third kappa shape index (κ3) is 5.54. The number of aromatic nitrogens is 2. The van der Waals surface area contributed by atoms with Gasteiger partial charge in [-0.25, -0.2) is 0 Å². The summed E-state index contributed by atoms with van der Waals surface area (Å²) < 4.78 is 16.2. The van der Waals surface area contributed by atoms with Crippen molar-refractivity contribution in [2.45, 2.75) is 38.8 Å². The van der Waals surface area contributed by atoms with Gasteiger partial charge in [-0.3, -0.25) is 9.69 Å². The van der Waals surface area contributed by atoms with Crippen LogP contribution in [-0.2, 0) is 11.3 Å². The van der Waals surface area contributed by atoms with Crippen LogP contribution >= 0.6 is 11.3 Å². The molecule has 0 aliphatic carbocycles. The van der Waals surface area contributed by atoms with Gasteiger partial charge in [0.05, 0.1) is 37.6 Å². The fraction of sp³-hybridized carbons (Fsp3) is 0.458. The molecule has 2 unspecified atom stereocenters. The van der Waals surface area contributed by atoms with Gasteiger partial charge >= 0.3 is 0 Å². The number of methoxy groups -OCH3 is 2. The zero-order chi connectivity index (χ0) is 23.2. The number of piperidine rings is 1. The minimum absolute atomic E-state index is 0.0751. The molecule has 0 spiro atoms. The number of amides is 1. The van der Waals surface area contributed by atoms with Crippen molar-refractivity contribution < 1.29 is 18.8 Å². The van der Waals surface area contributed by atoms with E-state index in [-0.39, 0.29) is 17.9 Å². The standard InChI is InChI=1S/C24H30N4O4S/c1-4-18(16-9-10-19(30-2)20(13-16)31-3)25-24(29)17-7-5-11-28(14-17)15-22-26-23(27-32-22)21-8-6-12-33-21/h6,8-10,12-13,17-18H,4-5,7,11,14-15H2,1-3H3,(H,25,29). The molecule has 1 aliphatic rings. The van der Waals surface area contributed by atoms with Crippen LogP contribution in [-0.4, -0.2) is 48.3 Å². The maximum atomic E-state index is 13.1. The Balaban J connectivity index is 1.37. The second-order valence-corrected chi connectivity index (χ2v) is 9.09. The van der Waals surface area contributed by atoms with E-state index in [2.05, 4.69) is 27.3 Å². The molecule has 0 saturated carbocycles. The lowest BCUT2D eigenvalue weighted by atomic mass is 9.95. The Morgan fingerprint density at radius 3 is 2.88 bits per heavy atom. The Morgan fingerprint density at radius 1 is 1.30 bits per heavy atom. The van der Waals surface area contributed by atoms with Crippen LogP contribution in [0.4, 0.5) is 0 Å². The number of thiophene rings is 1. The summed E-state index contributed by atoms with van der Waals surface area (Å²) in [7, 11) is 3.23. The number of benzene rings is 1. The topological polar surface area (TPSA) is 89.7 Å². The molecule has 1 saturated heterocycles. The number of likely N-dealkylation sites (tertiary alicyclic amines) is 1. The summed E-state index contributed by atoms with van der Waals surface area (Å²) in [6.07, 6.45) is 2.61. The summed E-state index contributed by atoms with van der Waals surface area (Å²) in [6.45, 7) is 4.20. The molecule has 0 bridgehead atoms. The van der Waals surface area contributed by atoms with Crippen molar-refractivity contribution in [1.29, 1.82) is 0 Å². The van der Waals surface area contributed by atoms with Crippen LogP contribution < -0.4 is 14.8 Å². The zero-order valence-electron chi connectivity index (χ0n) is 19.2. The molecular weight excluding hydrogens is 440 g/mol. The summed E-state index contributed by atoms with van der Waals surface area (Å²) >= 11 is 1.58. The highest BCUT2D eigenvalue weighted by atomic mass is 32.1. The Morgan fingerprint density at radius 2 is 2.15 bits per heavy atom. The summed E-state index contributed by atoms with van der Waals surface area (Å²) in [5.74, 6) is 2.53. The first-order chi connectivity index (χ1) is 16.1. The lowest BCUT2D eigenvalue weighted by Gasteiger charge is -2.32. The molecule has 4 rings (SSSR count). The molecule has 1 N–H and O–H groups in total. The van der Waals surface area contributed by atoms with Gasteiger partial charge in [0.2, 0.25) is 17.6 Å². The van der Waals surface area contributed by atoms with E-state index in [1.807, 2.05) is 35.7 Å². The van der Waals surface area contributed by atoms with Crippen LogP contribution in [0.25, 0.3) is 10.7 Å². The number of hydrogen-bond acceptors (Lipinski definition) is 8. The van der Waals surface area contributed by atoms with Gasteiger partial charge in [-0.2, -0.15) is 4.98 Å². The van der Waals surface area contributed by atoms with Crippen molar-refractivity contribution in [2.75, 3.05) is 27.3 Å². The molecule has 3 heterocycles. The average molecular weight is 471 g/mol. The Bertz CT molecular complexity index is 1050. The molecule has 9 heteroatoms. The van der Waals surface area contributed by atoms with E-state index in [1.165, 1.54) is 0 Å². The van der Waals surface area contributed by atoms with Crippen LogP contribution in [0, 0.1) is 5.92 Å². The van der Waals surface area contributed by atoms with Gasteiger partial charge in [0.15, 0.2) is 11.5 Å². The molecule has 3 aromatic rings. The summed E-state index contributed by atoms with van der Waals surface area (Å²) in [5, 5.41) is 9.32. The van der Waals surface area contributed by atoms with E-state index in [0.29, 0.717) is 36.3 Å². The first-order valence-electron chi connectivity index (χ1n) is 11.2. The number of nitrogens with zero attached hydrogens (tertiary/aromatic N) is 3. The van der Waals surface area contributed by atoms with Gasteiger partial charge in [0.25, 0.3) is 0 Å². The lowest BCUT2D eigenvalue weighted by Crippen LogP contribution is -2.43. The van der Waals surface area contributed by atoms with Crippen molar-refractivity contribution in [3.63, 3.8) is 0 Å². The van der Waals surface area contributed by atoms with Crippen molar-refractivity contribution in [3.05, 3.63) is 47.2 Å². The highest BCUT2D eigenvalue weighted by Crippen LogP contribution is 2.31. The monoisotopic (exact) mass is 470 g/mol. The van der Waals surface area contributed by atoms with Crippen LogP contribution in [0.15, 0.2) is 40.2 Å². The van der Waals surface area contributed by atoms with Crippen LogP contribution in [0.5, 0.6) is 11.5 Å². The molecule has 0 radical (unpaired) electrons. The average Bonchev–Trinajstić information content (AvgIpc) is 3.54. The SMILES string of the molecule is CCC(NC(=O)C1CCCN(Cc2nc(-c3cccs3)no2)C1)c1ccc(OC)c(OC)c1. The minimum atomic E-state index is -0.0861. The zero-order valence-corrected chi connectivity index (χ0v) is 20.1. The summed E-state index contributed by atoms with van der Waals surface area (Å²) in [4.78, 5) is 20.9. The molecule has 1 fully saturated rings. The van der Waals surface area contributed by atoms with Crippen LogP contribution in [0.3, 0.4) is 0 Å². The normalized spacial score (nSPS) is 17.5. The molecular formula is C24H30N4O4S. The Hall–Kier alpha value is -2.91. The molecule has 2 aromatic heterocycles. The lowest BCUT2D eigenvalue weighted by molar-refractivity contribution is -0.127. The van der Waals surface area contributed by atoms with Crippen molar-refractivity contribution >= 4 is 17.2 Å². The number of nitrogens with one attached hydrogen (secondary N) is 1. The quantitative estimate of drug-likeness (QED) is 0.499. The van der Waals surface area contributed by atoms with Crippen molar-refractivity contribution in [1.82, 2.24) is 20.4 Å². The molecule has 1 aliphatic heterocycles. The van der Waals surface area contributed by atoms with E-state index in [1.54, 1.807) is 25.6 Å². The maximum absolute atomic E-state index is 13.1. The minimum Gasteiger partial charge on any atom is -0.493 e. The molecule has 176 valence electrons. The van der Waals surface area contributed by atoms with Gasteiger partial charge in [0.1, 0.15) is 0 Å². The van der Waals surface area contributed by atoms with Crippen LogP contribution in [0.2, 0.25) is 0 Å². The number of ether oxygens (including phenoxy) is 2. The molecule has 33 heavy (non-hydrogen) atoms. The Kier molecular flexibility index (Phi) is 7.61. The predicted molar refractivity (Wildman–Crippen MR) is 126 cm³/mol. The predicted octanol–water partition coefficient (Wildman–Crippen LogP) is 4.29. The van der Waals surface area contributed by atoms with Gasteiger partial charge in [-0.05, 0) is 54.9 Å². The van der Waals surface area contributed by atoms with E-state index in [0.717, 1.165) is 36.2 Å². The van der Waals surface area contributed by atoms with Crippen molar-refractivity contribution in [2.24, 2.45) is 5.92 Å². The highest BCUT2D eigenvalue weighted by Gasteiger charge is 2.28. The van der Waals surface area contributed by atoms with Crippen LogP contribution in [0.1, 0.15) is 43.7 Å². The fourth-order valence-corrected chi connectivity index (χ4v) is 4.86. The first-order valence-corrected chi connectivity index (χ1v) is 12.1. The third-order valence-electron chi connectivity index (χ3n) is 5.98. The molecule has 1 aromatic carbocycles. The smallest absolute Gasteiger partial charge is 0.241 e.